The molecule has 0 N–H and O–H groups in total. The molecule has 6 aromatic rings. The molecule has 0 bridgehead atoms. The summed E-state index contributed by atoms with van der Waals surface area (Å²) in [7, 11) is 1.41. The van der Waals surface area contributed by atoms with Crippen LogP contribution in [0, 0.1) is 0 Å². The Morgan fingerprint density at radius 1 is 0.282 bits per heavy atom. The zero-order chi connectivity index (χ0) is 26.3. The molecule has 6 rings (SSSR count). The molecule has 185 valence electrons. The lowest BCUT2D eigenvalue weighted by Crippen LogP contribution is -2.11. The van der Waals surface area contributed by atoms with Crippen molar-refractivity contribution in [3.8, 4) is 56.0 Å². The Labute approximate surface area is 230 Å². The van der Waals surface area contributed by atoms with Gasteiger partial charge in [0.2, 0.25) is 0 Å². The second-order valence-electron chi connectivity index (χ2n) is 9.29. The van der Waals surface area contributed by atoms with Gasteiger partial charge in [0.05, 0.1) is 0 Å². The summed E-state index contributed by atoms with van der Waals surface area (Å²) in [6.07, 6.45) is 0. The summed E-state index contributed by atoms with van der Waals surface area (Å²) < 4.78 is 12.2. The van der Waals surface area contributed by atoms with Gasteiger partial charge in [0.15, 0.2) is 0 Å². The zero-order valence-electron chi connectivity index (χ0n) is 21.4. The Hall–Kier alpha value is -5.02. The van der Waals surface area contributed by atoms with Gasteiger partial charge in [0.25, 0.3) is 0 Å². The monoisotopic (exact) mass is 501 g/mol. The standard InChI is InChI=1S/C36H26BO2/c1-5-13-27(14-6-1)31-21-32(28-15-7-2-8-16-28)24-35(23-31)38-37-39-36-25-33(29-17-9-3-10-18-29)22-34(26-36)30-19-11-4-12-20-30/h1-26H. The van der Waals surface area contributed by atoms with Gasteiger partial charge >= 0.3 is 7.69 Å². The highest BCUT2D eigenvalue weighted by Crippen LogP contribution is 2.33. The second-order valence-corrected chi connectivity index (χ2v) is 9.29. The lowest BCUT2D eigenvalue weighted by atomic mass is 9.98. The van der Waals surface area contributed by atoms with Crippen LogP contribution in [0.2, 0.25) is 0 Å². The number of hydrogen-bond donors (Lipinski definition) is 0. The van der Waals surface area contributed by atoms with E-state index in [1.807, 2.05) is 97.1 Å². The van der Waals surface area contributed by atoms with E-state index in [1.165, 1.54) is 7.69 Å². The minimum atomic E-state index is 0.706. The topological polar surface area (TPSA) is 18.5 Å². The van der Waals surface area contributed by atoms with Crippen LogP contribution in [0.4, 0.5) is 0 Å². The van der Waals surface area contributed by atoms with Crippen LogP contribution in [0.1, 0.15) is 0 Å². The van der Waals surface area contributed by atoms with E-state index >= 15 is 0 Å². The van der Waals surface area contributed by atoms with Crippen molar-refractivity contribution in [2.24, 2.45) is 0 Å². The molecule has 6 aromatic carbocycles. The fourth-order valence-corrected chi connectivity index (χ4v) is 4.66. The van der Waals surface area contributed by atoms with Crippen LogP contribution in [0.15, 0.2) is 158 Å². The molecule has 0 atom stereocenters. The Bertz CT molecular complexity index is 1410. The number of rotatable bonds is 8. The molecule has 0 saturated heterocycles. The maximum atomic E-state index is 6.08. The normalized spacial score (nSPS) is 10.6. The average Bonchev–Trinajstić information content (AvgIpc) is 3.02. The van der Waals surface area contributed by atoms with Crippen molar-refractivity contribution in [1.29, 1.82) is 0 Å². The van der Waals surface area contributed by atoms with E-state index in [9.17, 15) is 0 Å². The molecule has 0 amide bonds. The summed E-state index contributed by atoms with van der Waals surface area (Å²) in [6, 6.07) is 53.8. The molecule has 2 nitrogen and oxygen atoms in total. The highest BCUT2D eigenvalue weighted by atomic mass is 16.6. The zero-order valence-corrected chi connectivity index (χ0v) is 21.4. The second kappa shape index (κ2) is 11.6. The summed E-state index contributed by atoms with van der Waals surface area (Å²) in [5.74, 6) is 1.41. The molecule has 0 aliphatic carbocycles. The van der Waals surface area contributed by atoms with E-state index in [0.717, 1.165) is 44.5 Å². The number of benzene rings is 6. The molecule has 0 unspecified atom stereocenters. The van der Waals surface area contributed by atoms with Crippen molar-refractivity contribution >= 4 is 7.69 Å². The predicted octanol–water partition coefficient (Wildman–Crippen LogP) is 9.35. The van der Waals surface area contributed by atoms with E-state index in [0.29, 0.717) is 11.5 Å². The first-order valence-electron chi connectivity index (χ1n) is 13.0. The van der Waals surface area contributed by atoms with Gasteiger partial charge in [-0.25, -0.2) is 0 Å². The van der Waals surface area contributed by atoms with Gasteiger partial charge in [-0.15, -0.1) is 0 Å². The maximum Gasteiger partial charge on any atom is 0.658 e. The summed E-state index contributed by atoms with van der Waals surface area (Å²) in [5.41, 5.74) is 8.84. The van der Waals surface area contributed by atoms with Gasteiger partial charge in [-0.2, -0.15) is 0 Å². The minimum Gasteiger partial charge on any atom is -0.526 e. The van der Waals surface area contributed by atoms with Crippen LogP contribution in [-0.2, 0) is 0 Å². The van der Waals surface area contributed by atoms with E-state index in [1.54, 1.807) is 0 Å². The summed E-state index contributed by atoms with van der Waals surface area (Å²) in [6.45, 7) is 0. The molecular weight excluding hydrogens is 475 g/mol. The highest BCUT2D eigenvalue weighted by molar-refractivity contribution is 6.20. The van der Waals surface area contributed by atoms with Crippen molar-refractivity contribution in [3.05, 3.63) is 158 Å². The molecule has 0 aliphatic rings. The van der Waals surface area contributed by atoms with Crippen molar-refractivity contribution in [2.75, 3.05) is 0 Å². The lowest BCUT2D eigenvalue weighted by molar-refractivity contribution is 0.459. The van der Waals surface area contributed by atoms with Gasteiger partial charge in [-0.3, -0.25) is 0 Å². The SMILES string of the molecule is [B](Oc1cc(-c2ccccc2)cc(-c2ccccc2)c1)Oc1cc(-c2ccccc2)cc(-c2ccccc2)c1. The van der Waals surface area contributed by atoms with E-state index in [4.69, 9.17) is 9.31 Å². The van der Waals surface area contributed by atoms with Crippen molar-refractivity contribution in [2.45, 2.75) is 0 Å². The fourth-order valence-electron chi connectivity index (χ4n) is 4.66. The Kier molecular flexibility index (Phi) is 7.22. The average molecular weight is 501 g/mol. The van der Waals surface area contributed by atoms with Crippen LogP contribution in [0.3, 0.4) is 0 Å². The molecule has 3 heteroatoms. The molecule has 0 aromatic heterocycles. The molecule has 0 spiro atoms. The molecule has 39 heavy (non-hydrogen) atoms. The van der Waals surface area contributed by atoms with Gasteiger partial charge in [-0.05, 0) is 80.9 Å². The van der Waals surface area contributed by atoms with E-state index < -0.39 is 0 Å². The molecule has 0 aliphatic heterocycles. The highest BCUT2D eigenvalue weighted by Gasteiger charge is 2.11. The van der Waals surface area contributed by atoms with Gasteiger partial charge in [0, 0.05) is 0 Å². The first kappa shape index (κ1) is 24.3. The number of hydrogen-bond acceptors (Lipinski definition) is 2. The third kappa shape index (κ3) is 5.94. The fraction of sp³-hybridized carbons (Fsp3) is 0. The van der Waals surface area contributed by atoms with Crippen LogP contribution in [-0.4, -0.2) is 7.69 Å². The quantitative estimate of drug-likeness (QED) is 0.194. The first-order chi connectivity index (χ1) is 19.3. The molecular formula is C36H26BO2. The van der Waals surface area contributed by atoms with Gasteiger partial charge in [0.1, 0.15) is 11.5 Å². The van der Waals surface area contributed by atoms with Gasteiger partial charge in [-0.1, -0.05) is 121 Å². The van der Waals surface area contributed by atoms with Crippen LogP contribution in [0.5, 0.6) is 11.5 Å². The Balaban J connectivity index is 1.29. The van der Waals surface area contributed by atoms with Gasteiger partial charge < -0.3 is 9.31 Å². The van der Waals surface area contributed by atoms with Crippen molar-refractivity contribution in [1.82, 2.24) is 0 Å². The summed E-state index contributed by atoms with van der Waals surface area (Å²) in [5, 5.41) is 0. The van der Waals surface area contributed by atoms with E-state index in [2.05, 4.69) is 60.7 Å². The van der Waals surface area contributed by atoms with E-state index in [-0.39, 0.29) is 0 Å². The molecule has 1 radical (unpaired) electrons. The Morgan fingerprint density at radius 2 is 0.538 bits per heavy atom. The van der Waals surface area contributed by atoms with Crippen molar-refractivity contribution < 1.29 is 9.31 Å². The summed E-state index contributed by atoms with van der Waals surface area (Å²) >= 11 is 0. The minimum absolute atomic E-state index is 0.706. The smallest absolute Gasteiger partial charge is 0.526 e. The summed E-state index contributed by atoms with van der Waals surface area (Å²) in [4.78, 5) is 0. The maximum absolute atomic E-state index is 6.08. The third-order valence-corrected chi connectivity index (χ3v) is 6.61. The molecule has 0 saturated carbocycles. The molecule has 0 heterocycles. The third-order valence-electron chi connectivity index (χ3n) is 6.61. The van der Waals surface area contributed by atoms with Crippen LogP contribution in [0.25, 0.3) is 44.5 Å². The lowest BCUT2D eigenvalue weighted by Gasteiger charge is -2.14. The predicted molar refractivity (Wildman–Crippen MR) is 162 cm³/mol. The van der Waals surface area contributed by atoms with Crippen LogP contribution >= 0.6 is 0 Å². The first-order valence-corrected chi connectivity index (χ1v) is 13.0. The molecule has 0 fully saturated rings. The van der Waals surface area contributed by atoms with Crippen molar-refractivity contribution in [3.63, 3.8) is 0 Å². The largest absolute Gasteiger partial charge is 0.658 e. The Morgan fingerprint density at radius 3 is 0.795 bits per heavy atom. The van der Waals surface area contributed by atoms with Crippen LogP contribution < -0.4 is 9.31 Å².